The first-order valence-corrected chi connectivity index (χ1v) is 9.32. The van der Waals surface area contributed by atoms with Crippen molar-refractivity contribution in [1.29, 1.82) is 0 Å². The molecule has 1 fully saturated rings. The highest BCUT2D eigenvalue weighted by molar-refractivity contribution is 7.91. The van der Waals surface area contributed by atoms with E-state index in [2.05, 4.69) is 4.90 Å². The molecule has 0 saturated carbocycles. The largest absolute Gasteiger partial charge is 0.492 e. The topological polar surface area (TPSA) is 81.9 Å². The van der Waals surface area contributed by atoms with Crippen LogP contribution in [-0.4, -0.2) is 40.6 Å². The molecular weight excluding hydrogens is 312 g/mol. The molecule has 1 aromatic rings. The fourth-order valence-electron chi connectivity index (χ4n) is 2.60. The molecule has 0 aromatic carbocycles. The number of nitrogens with two attached hydrogens (primary N) is 1. The molecular formula is C13H22N2O4S2. The second-order valence-corrected chi connectivity index (χ2v) is 7.98. The molecule has 120 valence electrons. The molecule has 0 spiro atoms. The number of nitrogens with zero attached hydrogens (tertiary/aromatic N) is 1. The smallest absolute Gasteiger partial charge is 0.251 e. The minimum Gasteiger partial charge on any atom is -0.492 e. The Morgan fingerprint density at radius 2 is 1.67 bits per heavy atom. The lowest BCUT2D eigenvalue weighted by atomic mass is 10.2. The fraction of sp³-hybridized carbons (Fsp3) is 0.692. The van der Waals surface area contributed by atoms with Gasteiger partial charge in [-0.1, -0.05) is 12.8 Å². The fourth-order valence-corrected chi connectivity index (χ4v) is 4.80. The molecule has 0 amide bonds. The van der Waals surface area contributed by atoms with Gasteiger partial charge in [-0.2, -0.15) is 0 Å². The molecule has 2 heterocycles. The minimum absolute atomic E-state index is 0.0340. The molecule has 6 nitrogen and oxygen atoms in total. The molecule has 0 atom stereocenters. The summed E-state index contributed by atoms with van der Waals surface area (Å²) in [6.45, 7) is 2.71. The van der Waals surface area contributed by atoms with E-state index in [0.717, 1.165) is 29.3 Å². The van der Waals surface area contributed by atoms with Crippen LogP contribution in [0, 0.1) is 0 Å². The molecule has 0 radical (unpaired) electrons. The highest BCUT2D eigenvalue weighted by atomic mass is 32.2. The van der Waals surface area contributed by atoms with E-state index in [4.69, 9.17) is 14.6 Å². The Hall–Kier alpha value is -0.830. The lowest BCUT2D eigenvalue weighted by Gasteiger charge is -2.19. The summed E-state index contributed by atoms with van der Waals surface area (Å²) in [4.78, 5) is 3.17. The first-order valence-electron chi connectivity index (χ1n) is 6.96. The SMILES string of the molecule is COc1c(CN2CCCCCC2)sc(S(N)(=O)=O)c1OC. The molecule has 2 rings (SSSR count). The van der Waals surface area contributed by atoms with Crippen molar-refractivity contribution in [2.75, 3.05) is 27.3 Å². The number of sulfonamides is 1. The standard InChI is InChI=1S/C13H22N2O4S2/c1-18-11-10(9-15-7-5-3-4-6-8-15)20-13(12(11)19-2)21(14,16)17/h3-9H2,1-2H3,(H2,14,16,17). The highest BCUT2D eigenvalue weighted by Gasteiger charge is 2.27. The Balaban J connectivity index is 2.32. The summed E-state index contributed by atoms with van der Waals surface area (Å²) < 4.78 is 33.9. The zero-order valence-corrected chi connectivity index (χ0v) is 14.1. The number of rotatable bonds is 5. The second kappa shape index (κ2) is 6.95. The molecule has 0 aliphatic carbocycles. The van der Waals surface area contributed by atoms with Crippen LogP contribution in [0.3, 0.4) is 0 Å². The summed E-state index contributed by atoms with van der Waals surface area (Å²) >= 11 is 1.14. The van der Waals surface area contributed by atoms with Gasteiger partial charge in [-0.15, -0.1) is 11.3 Å². The van der Waals surface area contributed by atoms with Crippen LogP contribution in [0.4, 0.5) is 0 Å². The van der Waals surface area contributed by atoms with Gasteiger partial charge in [-0.3, -0.25) is 4.90 Å². The van der Waals surface area contributed by atoms with E-state index in [1.54, 1.807) is 0 Å². The number of hydrogen-bond donors (Lipinski definition) is 1. The zero-order valence-electron chi connectivity index (χ0n) is 12.4. The van der Waals surface area contributed by atoms with Gasteiger partial charge in [0.25, 0.3) is 10.0 Å². The summed E-state index contributed by atoms with van der Waals surface area (Å²) in [5, 5.41) is 5.26. The van der Waals surface area contributed by atoms with Crippen molar-refractivity contribution in [3.63, 3.8) is 0 Å². The van der Waals surface area contributed by atoms with E-state index in [1.165, 1.54) is 39.9 Å². The van der Waals surface area contributed by atoms with Crippen LogP contribution < -0.4 is 14.6 Å². The number of ether oxygens (including phenoxy) is 2. The molecule has 1 aliphatic heterocycles. The summed E-state index contributed by atoms with van der Waals surface area (Å²) in [5.41, 5.74) is 0. The quantitative estimate of drug-likeness (QED) is 0.888. The molecule has 0 unspecified atom stereocenters. The average Bonchev–Trinajstić information content (AvgIpc) is 2.59. The Morgan fingerprint density at radius 3 is 2.14 bits per heavy atom. The van der Waals surface area contributed by atoms with Crippen LogP contribution in [0.2, 0.25) is 0 Å². The summed E-state index contributed by atoms with van der Waals surface area (Å²) in [6.07, 6.45) is 4.85. The van der Waals surface area contributed by atoms with E-state index >= 15 is 0 Å². The third kappa shape index (κ3) is 3.88. The first-order chi connectivity index (χ1) is 9.97. The van der Waals surface area contributed by atoms with E-state index in [-0.39, 0.29) is 9.96 Å². The van der Waals surface area contributed by atoms with Crippen LogP contribution in [0.25, 0.3) is 0 Å². The molecule has 1 aromatic heterocycles. The molecule has 8 heteroatoms. The number of hydrogen-bond acceptors (Lipinski definition) is 6. The van der Waals surface area contributed by atoms with Crippen LogP contribution in [0.1, 0.15) is 30.6 Å². The summed E-state index contributed by atoms with van der Waals surface area (Å²) in [5.74, 6) is 0.700. The first kappa shape index (κ1) is 16.5. The number of thiophene rings is 1. The van der Waals surface area contributed by atoms with Gasteiger partial charge >= 0.3 is 0 Å². The van der Waals surface area contributed by atoms with Crippen LogP contribution >= 0.6 is 11.3 Å². The Morgan fingerprint density at radius 1 is 1.10 bits per heavy atom. The van der Waals surface area contributed by atoms with Gasteiger partial charge in [0, 0.05) is 6.54 Å². The third-order valence-electron chi connectivity index (χ3n) is 3.59. The Labute approximate surface area is 129 Å². The van der Waals surface area contributed by atoms with Crippen LogP contribution in [0.15, 0.2) is 4.21 Å². The lowest BCUT2D eigenvalue weighted by Crippen LogP contribution is -2.23. The van der Waals surface area contributed by atoms with E-state index in [0.29, 0.717) is 12.3 Å². The van der Waals surface area contributed by atoms with Gasteiger partial charge in [-0.25, -0.2) is 13.6 Å². The van der Waals surface area contributed by atoms with Crippen molar-refractivity contribution in [2.24, 2.45) is 5.14 Å². The Kier molecular flexibility index (Phi) is 5.48. The predicted molar refractivity (Wildman–Crippen MR) is 82.5 cm³/mol. The van der Waals surface area contributed by atoms with Crippen molar-refractivity contribution in [3.05, 3.63) is 4.88 Å². The minimum atomic E-state index is -3.81. The normalized spacial score (nSPS) is 17.5. The van der Waals surface area contributed by atoms with Gasteiger partial charge in [0.05, 0.1) is 19.1 Å². The van der Waals surface area contributed by atoms with Crippen LogP contribution in [-0.2, 0) is 16.6 Å². The van der Waals surface area contributed by atoms with Crippen molar-refractivity contribution >= 4 is 21.4 Å². The lowest BCUT2D eigenvalue weighted by molar-refractivity contribution is 0.272. The van der Waals surface area contributed by atoms with Gasteiger partial charge in [-0.05, 0) is 25.9 Å². The van der Waals surface area contributed by atoms with Gasteiger partial charge in [0.2, 0.25) is 0 Å². The van der Waals surface area contributed by atoms with Crippen molar-refractivity contribution < 1.29 is 17.9 Å². The van der Waals surface area contributed by atoms with E-state index in [9.17, 15) is 8.42 Å². The maximum atomic E-state index is 11.7. The predicted octanol–water partition coefficient (Wildman–Crippen LogP) is 1.79. The Bertz CT molecular complexity index is 575. The number of likely N-dealkylation sites (tertiary alicyclic amines) is 1. The maximum Gasteiger partial charge on any atom is 0.251 e. The molecule has 1 aliphatic rings. The van der Waals surface area contributed by atoms with Crippen molar-refractivity contribution in [2.45, 2.75) is 36.4 Å². The number of primary sulfonamides is 1. The average molecular weight is 334 g/mol. The van der Waals surface area contributed by atoms with E-state index in [1.807, 2.05) is 0 Å². The molecule has 2 N–H and O–H groups in total. The highest BCUT2D eigenvalue weighted by Crippen LogP contribution is 2.44. The number of methoxy groups -OCH3 is 2. The molecule has 21 heavy (non-hydrogen) atoms. The van der Waals surface area contributed by atoms with Gasteiger partial charge in [0.1, 0.15) is 0 Å². The monoisotopic (exact) mass is 334 g/mol. The maximum absolute atomic E-state index is 11.7. The zero-order chi connectivity index (χ0) is 15.5. The van der Waals surface area contributed by atoms with E-state index < -0.39 is 10.0 Å². The van der Waals surface area contributed by atoms with Gasteiger partial charge < -0.3 is 9.47 Å². The van der Waals surface area contributed by atoms with Crippen molar-refractivity contribution in [1.82, 2.24) is 4.90 Å². The molecule has 1 saturated heterocycles. The summed E-state index contributed by atoms with van der Waals surface area (Å²) in [6, 6.07) is 0. The van der Waals surface area contributed by atoms with Crippen LogP contribution in [0.5, 0.6) is 11.5 Å². The second-order valence-electron chi connectivity index (χ2n) is 5.11. The van der Waals surface area contributed by atoms with Crippen molar-refractivity contribution in [3.8, 4) is 11.5 Å². The summed E-state index contributed by atoms with van der Waals surface area (Å²) in [7, 11) is -0.868. The third-order valence-corrected chi connectivity index (χ3v) is 6.17. The van der Waals surface area contributed by atoms with Gasteiger partial charge in [0.15, 0.2) is 15.7 Å². The molecule has 0 bridgehead atoms.